The number of rotatable bonds is 5. The quantitative estimate of drug-likeness (QED) is 0.511. The van der Waals surface area contributed by atoms with Gasteiger partial charge in [0.2, 0.25) is 0 Å². The number of hydrogen-bond donors (Lipinski definition) is 1. The van der Waals surface area contributed by atoms with E-state index in [0.717, 1.165) is 13.2 Å². The van der Waals surface area contributed by atoms with Gasteiger partial charge >= 0.3 is 5.97 Å². The van der Waals surface area contributed by atoms with Gasteiger partial charge in [0.05, 0.1) is 12.0 Å². The largest absolute Gasteiger partial charge is 0.467 e. The number of hydrogen-bond acceptors (Lipinski definition) is 5. The second-order valence-electron chi connectivity index (χ2n) is 4.40. The average molecular weight is 288 g/mol. The summed E-state index contributed by atoms with van der Waals surface area (Å²) in [4.78, 5) is 21.5. The minimum atomic E-state index is -1.41. The van der Waals surface area contributed by atoms with Crippen molar-refractivity contribution < 1.29 is 23.2 Å². The Balaban J connectivity index is 3.27. The van der Waals surface area contributed by atoms with Crippen molar-refractivity contribution in [3.8, 4) is 0 Å². The fourth-order valence-electron chi connectivity index (χ4n) is 1.61. The maximum Gasteiger partial charge on any atom is 0.328 e. The van der Waals surface area contributed by atoms with E-state index in [4.69, 9.17) is 0 Å². The van der Waals surface area contributed by atoms with E-state index in [9.17, 15) is 23.7 Å². The molecule has 20 heavy (non-hydrogen) atoms. The number of halogens is 2. The van der Waals surface area contributed by atoms with Gasteiger partial charge in [-0.1, -0.05) is 13.8 Å². The molecule has 0 aliphatic rings. The molecule has 0 aliphatic heterocycles. The summed E-state index contributed by atoms with van der Waals surface area (Å²) in [5.41, 5.74) is -1.32. The highest BCUT2D eigenvalue weighted by molar-refractivity contribution is 5.81. The number of methoxy groups -OCH3 is 1. The van der Waals surface area contributed by atoms with Crippen LogP contribution in [-0.2, 0) is 9.53 Å². The number of ether oxygens (including phenoxy) is 1. The molecule has 1 atom stereocenters. The zero-order chi connectivity index (χ0) is 15.4. The van der Waals surface area contributed by atoms with Crippen LogP contribution in [0.2, 0.25) is 0 Å². The highest BCUT2D eigenvalue weighted by atomic mass is 19.2. The molecular formula is C12H14F2N2O4. The molecule has 0 fully saturated rings. The Bertz CT molecular complexity index is 534. The van der Waals surface area contributed by atoms with Crippen LogP contribution in [0.15, 0.2) is 12.1 Å². The van der Waals surface area contributed by atoms with E-state index in [1.807, 2.05) is 0 Å². The summed E-state index contributed by atoms with van der Waals surface area (Å²) < 4.78 is 31.5. The number of benzene rings is 1. The smallest absolute Gasteiger partial charge is 0.328 e. The monoisotopic (exact) mass is 288 g/mol. The van der Waals surface area contributed by atoms with Gasteiger partial charge in [-0.05, 0) is 12.0 Å². The third-order valence-corrected chi connectivity index (χ3v) is 2.69. The summed E-state index contributed by atoms with van der Waals surface area (Å²) in [6.45, 7) is 3.27. The van der Waals surface area contributed by atoms with Crippen LogP contribution in [0.4, 0.5) is 20.2 Å². The van der Waals surface area contributed by atoms with Crippen molar-refractivity contribution in [1.82, 2.24) is 0 Å². The molecule has 1 unspecified atom stereocenters. The van der Waals surface area contributed by atoms with E-state index in [1.165, 1.54) is 0 Å². The van der Waals surface area contributed by atoms with Crippen molar-refractivity contribution in [2.24, 2.45) is 5.92 Å². The van der Waals surface area contributed by atoms with Crippen molar-refractivity contribution in [3.05, 3.63) is 33.9 Å². The summed E-state index contributed by atoms with van der Waals surface area (Å²) in [5, 5.41) is 13.2. The second-order valence-corrected chi connectivity index (χ2v) is 4.40. The summed E-state index contributed by atoms with van der Waals surface area (Å²) in [6, 6.07) is 0.450. The highest BCUT2D eigenvalue weighted by Gasteiger charge is 2.29. The van der Waals surface area contributed by atoms with Gasteiger partial charge in [-0.3, -0.25) is 10.1 Å². The lowest BCUT2D eigenvalue weighted by Crippen LogP contribution is -2.36. The molecule has 0 aliphatic carbocycles. The van der Waals surface area contributed by atoms with Crippen LogP contribution in [0, 0.1) is 27.7 Å². The Hall–Kier alpha value is -2.25. The lowest BCUT2D eigenvalue weighted by Gasteiger charge is -2.21. The van der Waals surface area contributed by atoms with Crippen LogP contribution in [0.25, 0.3) is 0 Å². The Morgan fingerprint density at radius 3 is 2.45 bits per heavy atom. The van der Waals surface area contributed by atoms with Gasteiger partial charge in [0.25, 0.3) is 5.69 Å². The van der Waals surface area contributed by atoms with Crippen molar-refractivity contribution in [1.29, 1.82) is 0 Å². The number of carbonyl (C=O) groups is 1. The van der Waals surface area contributed by atoms with Gasteiger partial charge < -0.3 is 10.1 Å². The molecule has 0 saturated carbocycles. The first kappa shape index (κ1) is 15.8. The Kier molecular flexibility index (Phi) is 4.95. The number of esters is 1. The molecule has 0 spiro atoms. The molecule has 6 nitrogen and oxygen atoms in total. The number of anilines is 1. The molecule has 1 N–H and O–H groups in total. The fraction of sp³-hybridized carbons (Fsp3) is 0.417. The maximum absolute atomic E-state index is 13.7. The molecular weight excluding hydrogens is 274 g/mol. The van der Waals surface area contributed by atoms with Gasteiger partial charge in [-0.2, -0.15) is 0 Å². The number of nitrogens with one attached hydrogen (secondary N) is 1. The Labute approximate surface area is 113 Å². The third-order valence-electron chi connectivity index (χ3n) is 2.69. The maximum atomic E-state index is 13.7. The summed E-state index contributed by atoms with van der Waals surface area (Å²) >= 11 is 0. The van der Waals surface area contributed by atoms with Gasteiger partial charge in [-0.15, -0.1) is 0 Å². The first-order chi connectivity index (χ1) is 9.29. The van der Waals surface area contributed by atoms with Crippen LogP contribution in [0.5, 0.6) is 0 Å². The van der Waals surface area contributed by atoms with Crippen molar-refractivity contribution in [2.45, 2.75) is 19.9 Å². The standard InChI is InChI=1S/C12H14F2N2O4/c1-6(2)10(12(17)20-3)15-11-8(16(18)19)5-4-7(13)9(11)14/h4-6,10,15H,1-3H3. The molecule has 0 radical (unpaired) electrons. The summed E-state index contributed by atoms with van der Waals surface area (Å²) in [7, 11) is 1.13. The SMILES string of the molecule is COC(=O)C(Nc1c([N+](=O)[O-])ccc(F)c1F)C(C)C. The summed E-state index contributed by atoms with van der Waals surface area (Å²) in [5.74, 6) is -3.72. The predicted molar refractivity (Wildman–Crippen MR) is 67.3 cm³/mol. The minimum absolute atomic E-state index is 0.343. The molecule has 8 heteroatoms. The van der Waals surface area contributed by atoms with Crippen LogP contribution < -0.4 is 5.32 Å². The lowest BCUT2D eigenvalue weighted by atomic mass is 10.0. The topological polar surface area (TPSA) is 81.5 Å². The molecule has 0 saturated heterocycles. The van der Waals surface area contributed by atoms with Crippen LogP contribution in [0.3, 0.4) is 0 Å². The van der Waals surface area contributed by atoms with E-state index in [1.54, 1.807) is 13.8 Å². The zero-order valence-electron chi connectivity index (χ0n) is 11.1. The Morgan fingerprint density at radius 1 is 1.40 bits per heavy atom. The zero-order valence-corrected chi connectivity index (χ0v) is 11.1. The molecule has 1 rings (SSSR count). The lowest BCUT2D eigenvalue weighted by molar-refractivity contribution is -0.384. The minimum Gasteiger partial charge on any atom is -0.467 e. The molecule has 0 heterocycles. The van der Waals surface area contributed by atoms with E-state index in [0.29, 0.717) is 6.07 Å². The number of carbonyl (C=O) groups excluding carboxylic acids is 1. The van der Waals surface area contributed by atoms with Gasteiger partial charge in [0.1, 0.15) is 6.04 Å². The van der Waals surface area contributed by atoms with Gasteiger partial charge in [0.15, 0.2) is 17.3 Å². The van der Waals surface area contributed by atoms with Crippen LogP contribution in [-0.4, -0.2) is 24.0 Å². The molecule has 0 aromatic heterocycles. The first-order valence-corrected chi connectivity index (χ1v) is 5.76. The predicted octanol–water partition coefficient (Wildman–Crippen LogP) is 2.48. The first-order valence-electron chi connectivity index (χ1n) is 5.76. The highest BCUT2D eigenvalue weighted by Crippen LogP contribution is 2.30. The molecule has 110 valence electrons. The number of nitro benzene ring substituents is 1. The van der Waals surface area contributed by atoms with Crippen molar-refractivity contribution >= 4 is 17.3 Å². The van der Waals surface area contributed by atoms with Crippen molar-refractivity contribution in [2.75, 3.05) is 12.4 Å². The number of nitrogens with zero attached hydrogens (tertiary/aromatic N) is 1. The van der Waals surface area contributed by atoms with Crippen LogP contribution in [0.1, 0.15) is 13.8 Å². The van der Waals surface area contributed by atoms with E-state index in [-0.39, 0.29) is 5.92 Å². The molecule has 1 aromatic carbocycles. The number of nitro groups is 1. The second kappa shape index (κ2) is 6.27. The van der Waals surface area contributed by atoms with E-state index >= 15 is 0 Å². The normalized spacial score (nSPS) is 12.1. The summed E-state index contributed by atoms with van der Waals surface area (Å²) in [6.07, 6.45) is 0. The van der Waals surface area contributed by atoms with E-state index in [2.05, 4.69) is 10.1 Å². The van der Waals surface area contributed by atoms with Gasteiger partial charge in [-0.25, -0.2) is 13.6 Å². The van der Waals surface area contributed by atoms with Crippen LogP contribution >= 0.6 is 0 Å². The molecule has 1 aromatic rings. The Morgan fingerprint density at radius 2 is 2.00 bits per heavy atom. The fourth-order valence-corrected chi connectivity index (χ4v) is 1.61. The van der Waals surface area contributed by atoms with E-state index < -0.39 is 39.9 Å². The molecule has 0 amide bonds. The average Bonchev–Trinajstić information content (AvgIpc) is 2.38. The molecule has 0 bridgehead atoms. The van der Waals surface area contributed by atoms with Crippen molar-refractivity contribution in [3.63, 3.8) is 0 Å². The van der Waals surface area contributed by atoms with Gasteiger partial charge in [0, 0.05) is 6.07 Å². The third kappa shape index (κ3) is 3.19.